The van der Waals surface area contributed by atoms with E-state index in [-0.39, 0.29) is 5.91 Å². The lowest BCUT2D eigenvalue weighted by molar-refractivity contribution is 0.0717. The molecule has 2 fully saturated rings. The molecule has 2 saturated carbocycles. The Balaban J connectivity index is 1.50. The van der Waals surface area contributed by atoms with Gasteiger partial charge in [-0.1, -0.05) is 6.92 Å². The van der Waals surface area contributed by atoms with Gasteiger partial charge in [0.05, 0.1) is 6.54 Å². The highest BCUT2D eigenvalue weighted by molar-refractivity contribution is 5.94. The first-order valence-corrected chi connectivity index (χ1v) is 8.37. The summed E-state index contributed by atoms with van der Waals surface area (Å²) in [6, 6.07) is 11.6. The smallest absolute Gasteiger partial charge is 0.254 e. The molecule has 2 aliphatic carbocycles. The van der Waals surface area contributed by atoms with Crippen LogP contribution in [0.5, 0.6) is 0 Å². The van der Waals surface area contributed by atoms with Crippen molar-refractivity contribution in [1.29, 1.82) is 0 Å². The van der Waals surface area contributed by atoms with Crippen LogP contribution in [0, 0.1) is 5.92 Å². The van der Waals surface area contributed by atoms with Gasteiger partial charge in [0, 0.05) is 23.2 Å². The van der Waals surface area contributed by atoms with Crippen molar-refractivity contribution in [2.24, 2.45) is 5.92 Å². The molecule has 0 spiro atoms. The average Bonchev–Trinajstić information content (AvgIpc) is 3.46. The van der Waals surface area contributed by atoms with Gasteiger partial charge < -0.3 is 15.1 Å². The van der Waals surface area contributed by atoms with Gasteiger partial charge in [-0.15, -0.1) is 0 Å². The lowest BCUT2D eigenvalue weighted by atomic mass is 10.1. The van der Waals surface area contributed by atoms with E-state index in [1.54, 1.807) is 24.3 Å². The Bertz CT molecular complexity index is 715. The summed E-state index contributed by atoms with van der Waals surface area (Å²) in [4.78, 5) is 14.7. The summed E-state index contributed by atoms with van der Waals surface area (Å²) >= 11 is 0. The minimum absolute atomic E-state index is 0.0604. The fourth-order valence-electron chi connectivity index (χ4n) is 3.11. The Labute approximate surface area is 136 Å². The minimum Gasteiger partial charge on any atom is -0.464 e. The topological polar surface area (TPSA) is 59.5 Å². The summed E-state index contributed by atoms with van der Waals surface area (Å²) in [6.45, 7) is 2.79. The van der Waals surface area contributed by atoms with Crippen molar-refractivity contribution in [3.63, 3.8) is 0 Å². The van der Waals surface area contributed by atoms with E-state index in [1.165, 1.54) is 6.42 Å². The second kappa shape index (κ2) is 5.44. The normalized spacial score (nSPS) is 22.8. The fourth-order valence-corrected chi connectivity index (χ4v) is 3.11. The van der Waals surface area contributed by atoms with Crippen LogP contribution < -0.4 is 5.73 Å². The van der Waals surface area contributed by atoms with E-state index in [2.05, 4.69) is 13.0 Å². The molecule has 0 saturated heterocycles. The molecule has 0 radical (unpaired) electrons. The van der Waals surface area contributed by atoms with Crippen LogP contribution in [-0.2, 0) is 6.54 Å². The zero-order valence-corrected chi connectivity index (χ0v) is 13.4. The van der Waals surface area contributed by atoms with E-state index in [9.17, 15) is 4.79 Å². The summed E-state index contributed by atoms with van der Waals surface area (Å²) in [7, 11) is 0. The first kappa shape index (κ1) is 14.4. The molecule has 1 heterocycles. The third-order valence-corrected chi connectivity index (χ3v) is 4.89. The zero-order chi connectivity index (χ0) is 16.0. The quantitative estimate of drug-likeness (QED) is 0.855. The Morgan fingerprint density at radius 1 is 1.22 bits per heavy atom. The molecule has 0 aliphatic heterocycles. The van der Waals surface area contributed by atoms with Crippen LogP contribution in [-0.4, -0.2) is 16.8 Å². The lowest BCUT2D eigenvalue weighted by Gasteiger charge is -2.21. The molecule has 0 bridgehead atoms. The number of nitrogens with zero attached hydrogens (tertiary/aromatic N) is 1. The highest BCUT2D eigenvalue weighted by Crippen LogP contribution is 2.47. The maximum atomic E-state index is 12.8. The molecule has 2 N–H and O–H groups in total. The van der Waals surface area contributed by atoms with Crippen LogP contribution in [0.15, 0.2) is 40.8 Å². The zero-order valence-electron chi connectivity index (χ0n) is 13.4. The first-order valence-electron chi connectivity index (χ1n) is 8.37. The van der Waals surface area contributed by atoms with Gasteiger partial charge in [0.25, 0.3) is 5.91 Å². The SMILES string of the molecule is CC1CC1c1ccc(CN(C(=O)c2ccc(N)cc2)C2CC2)o1. The van der Waals surface area contributed by atoms with Crippen molar-refractivity contribution in [2.75, 3.05) is 5.73 Å². The summed E-state index contributed by atoms with van der Waals surface area (Å²) in [6.07, 6.45) is 3.37. The molecular formula is C19H22N2O2. The largest absolute Gasteiger partial charge is 0.464 e. The van der Waals surface area contributed by atoms with Gasteiger partial charge in [-0.2, -0.15) is 0 Å². The fraction of sp³-hybridized carbons (Fsp3) is 0.421. The van der Waals surface area contributed by atoms with Gasteiger partial charge in [0.2, 0.25) is 0 Å². The first-order chi connectivity index (χ1) is 11.1. The second-order valence-electron chi connectivity index (χ2n) is 6.91. The summed E-state index contributed by atoms with van der Waals surface area (Å²) in [5, 5.41) is 0. The molecule has 1 aromatic heterocycles. The molecule has 4 rings (SSSR count). The summed E-state index contributed by atoms with van der Waals surface area (Å²) in [5.41, 5.74) is 7.07. The van der Waals surface area contributed by atoms with Crippen molar-refractivity contribution in [3.05, 3.63) is 53.5 Å². The van der Waals surface area contributed by atoms with Gasteiger partial charge in [-0.05, 0) is 61.6 Å². The minimum atomic E-state index is 0.0604. The maximum Gasteiger partial charge on any atom is 0.254 e. The molecule has 23 heavy (non-hydrogen) atoms. The predicted octanol–water partition coefficient (Wildman–Crippen LogP) is 3.79. The Hall–Kier alpha value is -2.23. The van der Waals surface area contributed by atoms with E-state index < -0.39 is 0 Å². The van der Waals surface area contributed by atoms with E-state index in [1.807, 2.05) is 11.0 Å². The van der Waals surface area contributed by atoms with Crippen LogP contribution in [0.3, 0.4) is 0 Å². The van der Waals surface area contributed by atoms with Crippen molar-refractivity contribution >= 4 is 11.6 Å². The standard InChI is InChI=1S/C19H22N2O2/c1-12-10-17(12)18-9-8-16(23-18)11-21(15-6-7-15)19(22)13-2-4-14(20)5-3-13/h2-5,8-9,12,15,17H,6-7,10-11,20H2,1H3. The third kappa shape index (κ3) is 2.98. The number of furan rings is 1. The van der Waals surface area contributed by atoms with E-state index >= 15 is 0 Å². The van der Waals surface area contributed by atoms with Crippen LogP contribution in [0.2, 0.25) is 0 Å². The van der Waals surface area contributed by atoms with E-state index in [4.69, 9.17) is 10.2 Å². The van der Waals surface area contributed by atoms with Crippen molar-refractivity contribution in [1.82, 2.24) is 4.90 Å². The van der Waals surface area contributed by atoms with Gasteiger partial charge in [0.15, 0.2) is 0 Å². The van der Waals surface area contributed by atoms with Gasteiger partial charge in [0.1, 0.15) is 11.5 Å². The molecule has 2 unspecified atom stereocenters. The summed E-state index contributed by atoms with van der Waals surface area (Å²) < 4.78 is 5.98. The molecule has 2 aromatic rings. The predicted molar refractivity (Wildman–Crippen MR) is 89.0 cm³/mol. The van der Waals surface area contributed by atoms with Crippen molar-refractivity contribution < 1.29 is 9.21 Å². The number of nitrogen functional groups attached to an aromatic ring is 1. The van der Waals surface area contributed by atoms with Gasteiger partial charge >= 0.3 is 0 Å². The maximum absolute atomic E-state index is 12.8. The lowest BCUT2D eigenvalue weighted by Crippen LogP contribution is -2.32. The van der Waals surface area contributed by atoms with Gasteiger partial charge in [-0.25, -0.2) is 0 Å². The average molecular weight is 310 g/mol. The number of hydrogen-bond donors (Lipinski definition) is 1. The van der Waals surface area contributed by atoms with Crippen LogP contribution in [0.25, 0.3) is 0 Å². The van der Waals surface area contributed by atoms with Crippen LogP contribution >= 0.6 is 0 Å². The highest BCUT2D eigenvalue weighted by atomic mass is 16.3. The van der Waals surface area contributed by atoms with Crippen molar-refractivity contribution in [2.45, 2.75) is 44.7 Å². The molecule has 4 heteroatoms. The Morgan fingerprint density at radius 3 is 2.52 bits per heavy atom. The molecule has 1 amide bonds. The molecular weight excluding hydrogens is 288 g/mol. The number of carbonyl (C=O) groups excluding carboxylic acids is 1. The highest BCUT2D eigenvalue weighted by Gasteiger charge is 2.37. The number of amides is 1. The molecule has 1 aromatic carbocycles. The number of rotatable bonds is 5. The summed E-state index contributed by atoms with van der Waals surface area (Å²) in [5.74, 6) is 3.32. The second-order valence-corrected chi connectivity index (χ2v) is 6.91. The number of carbonyl (C=O) groups is 1. The molecule has 4 nitrogen and oxygen atoms in total. The van der Waals surface area contributed by atoms with Gasteiger partial charge in [-0.3, -0.25) is 4.79 Å². The Kier molecular flexibility index (Phi) is 3.40. The van der Waals surface area contributed by atoms with E-state index in [0.717, 1.165) is 30.3 Å². The van der Waals surface area contributed by atoms with Crippen molar-refractivity contribution in [3.8, 4) is 0 Å². The number of nitrogens with two attached hydrogens (primary N) is 1. The molecule has 120 valence electrons. The Morgan fingerprint density at radius 2 is 1.91 bits per heavy atom. The monoisotopic (exact) mass is 310 g/mol. The van der Waals surface area contributed by atoms with E-state index in [0.29, 0.717) is 29.8 Å². The van der Waals surface area contributed by atoms with Crippen LogP contribution in [0.4, 0.5) is 5.69 Å². The third-order valence-electron chi connectivity index (χ3n) is 4.89. The van der Waals surface area contributed by atoms with Crippen LogP contribution in [0.1, 0.15) is 54.0 Å². The molecule has 2 atom stereocenters. The number of anilines is 1. The number of hydrogen-bond acceptors (Lipinski definition) is 3. The molecule has 2 aliphatic rings. The number of benzene rings is 1.